The van der Waals surface area contributed by atoms with Gasteiger partial charge in [-0.1, -0.05) is 30.3 Å². The average molecular weight is 430 g/mol. The molecule has 0 bridgehead atoms. The summed E-state index contributed by atoms with van der Waals surface area (Å²) < 4.78 is 33.0. The highest BCUT2D eigenvalue weighted by molar-refractivity contribution is 5.86. The Morgan fingerprint density at radius 3 is 2.34 bits per heavy atom. The lowest BCUT2D eigenvalue weighted by Crippen LogP contribution is -2.17. The first-order valence-corrected chi connectivity index (χ1v) is 11.0. The van der Waals surface area contributed by atoms with Crippen LogP contribution in [0.4, 0.5) is 8.78 Å². The second-order valence-electron chi connectivity index (χ2n) is 8.69. The molecule has 2 heterocycles. The van der Waals surface area contributed by atoms with Gasteiger partial charge in [-0.3, -0.25) is 9.78 Å². The molecule has 2 aromatic heterocycles. The van der Waals surface area contributed by atoms with Crippen LogP contribution in [0.2, 0.25) is 0 Å². The van der Waals surface area contributed by atoms with Gasteiger partial charge in [0.05, 0.1) is 16.5 Å². The molecule has 0 saturated heterocycles. The maximum absolute atomic E-state index is 15.9. The van der Waals surface area contributed by atoms with Crippen molar-refractivity contribution in [3.63, 3.8) is 0 Å². The van der Waals surface area contributed by atoms with Gasteiger partial charge in [0.15, 0.2) is 11.2 Å². The van der Waals surface area contributed by atoms with E-state index in [1.165, 1.54) is 6.07 Å². The highest BCUT2D eigenvalue weighted by Crippen LogP contribution is 2.40. The zero-order valence-corrected chi connectivity index (χ0v) is 18.2. The molecule has 0 spiro atoms. The Balaban J connectivity index is 1.68. The topological polar surface area (TPSA) is 34.9 Å². The summed E-state index contributed by atoms with van der Waals surface area (Å²) in [4.78, 5) is 17.6. The van der Waals surface area contributed by atoms with Gasteiger partial charge in [-0.2, -0.15) is 0 Å². The maximum atomic E-state index is 15.9. The fraction of sp³-hybridized carbons (Fsp3) is 0.259. The SMILES string of the molecule is Cc1cc(-c2c(F)cc3c(=O)c(CCc4ccccc4)cn(C4CC4)c3c2F)cc(C)n1. The summed E-state index contributed by atoms with van der Waals surface area (Å²) >= 11 is 0. The summed E-state index contributed by atoms with van der Waals surface area (Å²) in [6.07, 6.45) is 4.87. The minimum absolute atomic E-state index is 0.100. The predicted molar refractivity (Wildman–Crippen MR) is 123 cm³/mol. The summed E-state index contributed by atoms with van der Waals surface area (Å²) in [6.45, 7) is 3.60. The number of hydrogen-bond acceptors (Lipinski definition) is 2. The number of aryl methyl sites for hydroxylation is 4. The number of pyridine rings is 2. The summed E-state index contributed by atoms with van der Waals surface area (Å²) in [6, 6.07) is 14.6. The molecule has 1 aliphatic rings. The highest BCUT2D eigenvalue weighted by Gasteiger charge is 2.29. The lowest BCUT2D eigenvalue weighted by molar-refractivity contribution is 0.589. The van der Waals surface area contributed by atoms with Gasteiger partial charge >= 0.3 is 0 Å². The van der Waals surface area contributed by atoms with Crippen molar-refractivity contribution in [2.75, 3.05) is 0 Å². The molecule has 0 N–H and O–H groups in total. The van der Waals surface area contributed by atoms with Crippen molar-refractivity contribution in [3.8, 4) is 11.1 Å². The third kappa shape index (κ3) is 3.72. The average Bonchev–Trinajstić information content (AvgIpc) is 3.59. The van der Waals surface area contributed by atoms with E-state index in [4.69, 9.17) is 0 Å². The van der Waals surface area contributed by atoms with Crippen LogP contribution in [-0.2, 0) is 12.8 Å². The van der Waals surface area contributed by atoms with E-state index in [2.05, 4.69) is 4.98 Å². The van der Waals surface area contributed by atoms with Crippen LogP contribution >= 0.6 is 0 Å². The van der Waals surface area contributed by atoms with Crippen molar-refractivity contribution in [3.05, 3.63) is 99.1 Å². The molecule has 0 radical (unpaired) electrons. The van der Waals surface area contributed by atoms with E-state index in [-0.39, 0.29) is 27.9 Å². The number of rotatable bonds is 5. The van der Waals surface area contributed by atoms with Gasteiger partial charge in [0, 0.05) is 29.2 Å². The highest BCUT2D eigenvalue weighted by atomic mass is 19.1. The Labute approximate surface area is 185 Å². The number of nitrogens with zero attached hydrogens (tertiary/aromatic N) is 2. The van der Waals surface area contributed by atoms with Gasteiger partial charge in [0.1, 0.15) is 5.82 Å². The molecule has 0 unspecified atom stereocenters. The maximum Gasteiger partial charge on any atom is 0.192 e. The van der Waals surface area contributed by atoms with Crippen LogP contribution in [0.25, 0.3) is 22.0 Å². The second-order valence-corrected chi connectivity index (χ2v) is 8.69. The molecule has 4 aromatic rings. The molecule has 5 rings (SSSR count). The summed E-state index contributed by atoms with van der Waals surface area (Å²) in [7, 11) is 0. The van der Waals surface area contributed by atoms with E-state index in [0.29, 0.717) is 35.4 Å². The number of benzene rings is 2. The molecule has 0 amide bonds. The fourth-order valence-corrected chi connectivity index (χ4v) is 4.48. The molecule has 2 aromatic carbocycles. The molecule has 1 fully saturated rings. The number of halogens is 2. The summed E-state index contributed by atoms with van der Waals surface area (Å²) in [5.74, 6) is -1.40. The Bertz CT molecular complexity index is 1370. The number of hydrogen-bond donors (Lipinski definition) is 0. The van der Waals surface area contributed by atoms with Crippen LogP contribution < -0.4 is 5.43 Å². The first kappa shape index (κ1) is 20.6. The molecule has 32 heavy (non-hydrogen) atoms. The molecule has 0 aliphatic heterocycles. The standard InChI is InChI=1S/C27H24F2N2O/c1-16-12-20(13-17(2)30-16)24-23(28)14-22-26(25(24)29)31(21-10-11-21)15-19(27(22)32)9-8-18-6-4-3-5-7-18/h3-7,12-15,21H,8-11H2,1-2H3. The zero-order chi connectivity index (χ0) is 22.4. The monoisotopic (exact) mass is 430 g/mol. The van der Waals surface area contributed by atoms with Crippen molar-refractivity contribution in [2.24, 2.45) is 0 Å². The first-order chi connectivity index (χ1) is 15.4. The Kier molecular flexibility index (Phi) is 5.12. The van der Waals surface area contributed by atoms with Crippen LogP contribution in [0.3, 0.4) is 0 Å². The van der Waals surface area contributed by atoms with Crippen LogP contribution in [-0.4, -0.2) is 9.55 Å². The van der Waals surface area contributed by atoms with E-state index in [0.717, 1.165) is 18.4 Å². The Hall–Kier alpha value is -3.34. The van der Waals surface area contributed by atoms with Crippen molar-refractivity contribution in [2.45, 2.75) is 45.6 Å². The van der Waals surface area contributed by atoms with Crippen molar-refractivity contribution in [1.82, 2.24) is 9.55 Å². The van der Waals surface area contributed by atoms with E-state index < -0.39 is 11.6 Å². The molecule has 0 atom stereocenters. The van der Waals surface area contributed by atoms with Crippen LogP contribution in [0.1, 0.15) is 41.4 Å². The Morgan fingerprint density at radius 1 is 1.00 bits per heavy atom. The Morgan fingerprint density at radius 2 is 1.69 bits per heavy atom. The summed E-state index contributed by atoms with van der Waals surface area (Å²) in [5.41, 5.74) is 3.34. The second kappa shape index (κ2) is 7.97. The van der Waals surface area contributed by atoms with Crippen LogP contribution in [0.5, 0.6) is 0 Å². The van der Waals surface area contributed by atoms with Gasteiger partial charge in [-0.15, -0.1) is 0 Å². The molecule has 1 aliphatic carbocycles. The lowest BCUT2D eigenvalue weighted by atomic mass is 9.98. The van der Waals surface area contributed by atoms with Gasteiger partial charge in [-0.05, 0) is 68.9 Å². The molecule has 3 nitrogen and oxygen atoms in total. The quantitative estimate of drug-likeness (QED) is 0.385. The van der Waals surface area contributed by atoms with E-state index in [1.54, 1.807) is 32.2 Å². The third-order valence-electron chi connectivity index (χ3n) is 6.12. The van der Waals surface area contributed by atoms with E-state index in [9.17, 15) is 4.79 Å². The number of fused-ring (bicyclic) bond motifs is 1. The van der Waals surface area contributed by atoms with Gasteiger partial charge in [0.25, 0.3) is 0 Å². The largest absolute Gasteiger partial charge is 0.342 e. The van der Waals surface area contributed by atoms with Gasteiger partial charge in [0.2, 0.25) is 0 Å². The molecule has 162 valence electrons. The molecular weight excluding hydrogens is 406 g/mol. The first-order valence-electron chi connectivity index (χ1n) is 11.0. The van der Waals surface area contributed by atoms with Crippen molar-refractivity contribution >= 4 is 10.9 Å². The van der Waals surface area contributed by atoms with Crippen LogP contribution in [0, 0.1) is 25.5 Å². The van der Waals surface area contributed by atoms with Crippen molar-refractivity contribution in [1.29, 1.82) is 0 Å². The fourth-order valence-electron chi connectivity index (χ4n) is 4.48. The number of aromatic nitrogens is 2. The normalized spacial score (nSPS) is 13.6. The molecule has 5 heteroatoms. The van der Waals surface area contributed by atoms with Crippen molar-refractivity contribution < 1.29 is 8.78 Å². The van der Waals surface area contributed by atoms with Gasteiger partial charge < -0.3 is 4.57 Å². The minimum Gasteiger partial charge on any atom is -0.342 e. The third-order valence-corrected chi connectivity index (χ3v) is 6.12. The zero-order valence-electron chi connectivity index (χ0n) is 18.2. The van der Waals surface area contributed by atoms with Gasteiger partial charge in [-0.25, -0.2) is 8.78 Å². The molecular formula is C27H24F2N2O. The summed E-state index contributed by atoms with van der Waals surface area (Å²) in [5, 5.41) is 0.115. The van der Waals surface area contributed by atoms with Crippen LogP contribution in [0.15, 0.2) is 59.5 Å². The minimum atomic E-state index is -0.723. The lowest BCUT2D eigenvalue weighted by Gasteiger charge is -2.17. The van der Waals surface area contributed by atoms with E-state index >= 15 is 8.78 Å². The molecule has 1 saturated carbocycles. The predicted octanol–water partition coefficient (Wildman–Crippen LogP) is 6.08. The smallest absolute Gasteiger partial charge is 0.192 e. The van der Waals surface area contributed by atoms with E-state index in [1.807, 2.05) is 34.9 Å².